The van der Waals surface area contributed by atoms with Crippen molar-refractivity contribution in [2.45, 2.75) is 25.4 Å². The summed E-state index contributed by atoms with van der Waals surface area (Å²) in [5.41, 5.74) is 1.10. The molecule has 0 N–H and O–H groups in total. The smallest absolute Gasteiger partial charge is 0.233 e. The molecular formula is C15H16N4OS2. The van der Waals surface area contributed by atoms with Crippen LogP contribution in [0.5, 0.6) is 0 Å². The number of carbonyl (C=O) groups excluding carboxylic acids is 1. The fourth-order valence-corrected chi connectivity index (χ4v) is 3.65. The summed E-state index contributed by atoms with van der Waals surface area (Å²) in [4.78, 5) is 23.5. The van der Waals surface area contributed by atoms with E-state index in [0.717, 1.165) is 4.88 Å². The quantitative estimate of drug-likeness (QED) is 0.622. The van der Waals surface area contributed by atoms with E-state index in [9.17, 15) is 10.1 Å². The van der Waals surface area contributed by atoms with Crippen LogP contribution in [0.15, 0.2) is 22.5 Å². The lowest BCUT2D eigenvalue weighted by Gasteiger charge is -2.16. The summed E-state index contributed by atoms with van der Waals surface area (Å²) >= 11 is 2.92. The Morgan fingerprint density at radius 2 is 2.23 bits per heavy atom. The van der Waals surface area contributed by atoms with Crippen LogP contribution in [-0.2, 0) is 11.3 Å². The third-order valence-electron chi connectivity index (χ3n) is 3.01. The van der Waals surface area contributed by atoms with Crippen molar-refractivity contribution in [3.05, 3.63) is 39.5 Å². The van der Waals surface area contributed by atoms with E-state index >= 15 is 0 Å². The molecular weight excluding hydrogens is 316 g/mol. The van der Waals surface area contributed by atoms with Gasteiger partial charge in [-0.15, -0.1) is 11.3 Å². The number of amides is 1. The lowest BCUT2D eigenvalue weighted by molar-refractivity contribution is -0.127. The maximum Gasteiger partial charge on any atom is 0.233 e. The Kier molecular flexibility index (Phi) is 5.52. The maximum absolute atomic E-state index is 12.2. The van der Waals surface area contributed by atoms with Crippen LogP contribution >= 0.6 is 23.1 Å². The van der Waals surface area contributed by atoms with Gasteiger partial charge in [-0.2, -0.15) is 5.26 Å². The molecule has 2 rings (SSSR count). The van der Waals surface area contributed by atoms with Gasteiger partial charge in [-0.05, 0) is 25.3 Å². The molecule has 0 bridgehead atoms. The molecule has 0 atom stereocenters. The number of nitriles is 1. The average molecular weight is 332 g/mol. The summed E-state index contributed by atoms with van der Waals surface area (Å²) in [6, 6.07) is 6.09. The molecule has 1 amide bonds. The van der Waals surface area contributed by atoms with Gasteiger partial charge in [-0.25, -0.2) is 9.97 Å². The molecule has 0 aliphatic heterocycles. The van der Waals surface area contributed by atoms with E-state index in [1.807, 2.05) is 17.5 Å². The van der Waals surface area contributed by atoms with Gasteiger partial charge in [-0.1, -0.05) is 17.8 Å². The lowest BCUT2D eigenvalue weighted by atomic mass is 10.3. The van der Waals surface area contributed by atoms with Crippen molar-refractivity contribution >= 4 is 29.0 Å². The van der Waals surface area contributed by atoms with Crippen LogP contribution in [0.4, 0.5) is 0 Å². The number of aryl methyl sites for hydroxylation is 2. The Morgan fingerprint density at radius 3 is 2.86 bits per heavy atom. The molecule has 0 saturated carbocycles. The minimum atomic E-state index is 0.0104. The summed E-state index contributed by atoms with van der Waals surface area (Å²) in [6.45, 7) is 4.16. The predicted molar refractivity (Wildman–Crippen MR) is 87.7 cm³/mol. The topological polar surface area (TPSA) is 69.9 Å². The van der Waals surface area contributed by atoms with Crippen LogP contribution in [0.3, 0.4) is 0 Å². The molecule has 5 nitrogen and oxygen atoms in total. The number of thiophene rings is 1. The number of hydrogen-bond acceptors (Lipinski definition) is 6. The zero-order valence-corrected chi connectivity index (χ0v) is 14.3. The highest BCUT2D eigenvalue weighted by atomic mass is 32.2. The van der Waals surface area contributed by atoms with Crippen LogP contribution in [0.2, 0.25) is 0 Å². The van der Waals surface area contributed by atoms with Gasteiger partial charge in [-0.3, -0.25) is 4.79 Å². The molecule has 2 heterocycles. The molecule has 0 spiro atoms. The number of nitrogens with zero attached hydrogens (tertiary/aromatic N) is 4. The molecule has 0 saturated heterocycles. The van der Waals surface area contributed by atoms with Gasteiger partial charge in [0.05, 0.1) is 18.0 Å². The van der Waals surface area contributed by atoms with Crippen molar-refractivity contribution in [2.24, 2.45) is 0 Å². The number of thioether (sulfide) groups is 1. The molecule has 0 aromatic carbocycles. The van der Waals surface area contributed by atoms with E-state index in [0.29, 0.717) is 28.7 Å². The van der Waals surface area contributed by atoms with Gasteiger partial charge in [0.1, 0.15) is 22.5 Å². The highest BCUT2D eigenvalue weighted by molar-refractivity contribution is 8.00. The molecule has 0 aliphatic carbocycles. The summed E-state index contributed by atoms with van der Waals surface area (Å²) in [7, 11) is 1.78. The molecule has 22 heavy (non-hydrogen) atoms. The van der Waals surface area contributed by atoms with Crippen LogP contribution in [0, 0.1) is 25.2 Å². The van der Waals surface area contributed by atoms with E-state index in [1.54, 1.807) is 37.1 Å². The molecule has 2 aromatic heterocycles. The number of hydrogen-bond donors (Lipinski definition) is 0. The van der Waals surface area contributed by atoms with Crippen molar-refractivity contribution < 1.29 is 4.79 Å². The van der Waals surface area contributed by atoms with Gasteiger partial charge < -0.3 is 4.90 Å². The van der Waals surface area contributed by atoms with E-state index < -0.39 is 0 Å². The fourth-order valence-electron chi connectivity index (χ4n) is 1.88. The van der Waals surface area contributed by atoms with E-state index in [-0.39, 0.29) is 11.7 Å². The Hall–Kier alpha value is -1.91. The van der Waals surface area contributed by atoms with Gasteiger partial charge in [0, 0.05) is 11.9 Å². The second kappa shape index (κ2) is 7.38. The Morgan fingerprint density at radius 1 is 1.45 bits per heavy atom. The second-order valence-electron chi connectivity index (χ2n) is 4.77. The molecule has 2 aromatic rings. The van der Waals surface area contributed by atoms with Gasteiger partial charge in [0.15, 0.2) is 0 Å². The molecule has 0 fully saturated rings. The molecule has 0 aliphatic rings. The highest BCUT2D eigenvalue weighted by Crippen LogP contribution is 2.22. The molecule has 0 unspecified atom stereocenters. The third-order valence-corrected chi connectivity index (χ3v) is 4.83. The second-order valence-corrected chi connectivity index (χ2v) is 6.76. The van der Waals surface area contributed by atoms with E-state index in [1.165, 1.54) is 11.8 Å². The first-order valence-corrected chi connectivity index (χ1v) is 8.52. The summed E-state index contributed by atoms with van der Waals surface area (Å²) in [5.74, 6) is 0.876. The summed E-state index contributed by atoms with van der Waals surface area (Å²) < 4.78 is 0. The number of aromatic nitrogens is 2. The zero-order valence-electron chi connectivity index (χ0n) is 12.7. The van der Waals surface area contributed by atoms with Crippen molar-refractivity contribution in [1.29, 1.82) is 5.26 Å². The minimum Gasteiger partial charge on any atom is -0.340 e. The van der Waals surface area contributed by atoms with Crippen LogP contribution in [-0.4, -0.2) is 33.6 Å². The first-order chi connectivity index (χ1) is 10.5. The Bertz CT molecular complexity index is 707. The van der Waals surface area contributed by atoms with Crippen molar-refractivity contribution in [1.82, 2.24) is 14.9 Å². The SMILES string of the molecule is Cc1nc(C)c(C#N)c(SCC(=O)N(C)Cc2cccs2)n1. The largest absolute Gasteiger partial charge is 0.340 e. The first-order valence-electron chi connectivity index (χ1n) is 6.65. The lowest BCUT2D eigenvalue weighted by Crippen LogP contribution is -2.27. The summed E-state index contributed by atoms with van der Waals surface area (Å²) in [6.07, 6.45) is 0. The fraction of sp³-hybridized carbons (Fsp3) is 0.333. The third kappa shape index (κ3) is 4.06. The Balaban J connectivity index is 2.01. The monoisotopic (exact) mass is 332 g/mol. The predicted octanol–water partition coefficient (Wildman–Crippen LogP) is 2.78. The van der Waals surface area contributed by atoms with Crippen molar-refractivity contribution in [3.63, 3.8) is 0 Å². The average Bonchev–Trinajstić information content (AvgIpc) is 2.97. The van der Waals surface area contributed by atoms with Crippen molar-refractivity contribution in [2.75, 3.05) is 12.8 Å². The first kappa shape index (κ1) is 16.5. The van der Waals surface area contributed by atoms with E-state index in [4.69, 9.17) is 0 Å². The Labute approximate surface area is 138 Å². The maximum atomic E-state index is 12.2. The number of carbonyl (C=O) groups is 1. The molecule has 0 radical (unpaired) electrons. The zero-order chi connectivity index (χ0) is 16.1. The van der Waals surface area contributed by atoms with Gasteiger partial charge in [0.2, 0.25) is 5.91 Å². The standard InChI is InChI=1S/C15H16N4OS2/c1-10-13(7-16)15(18-11(2)17-10)22-9-14(20)19(3)8-12-5-4-6-21-12/h4-6H,8-9H2,1-3H3. The van der Waals surface area contributed by atoms with Crippen LogP contribution in [0.25, 0.3) is 0 Å². The molecule has 7 heteroatoms. The molecule has 114 valence electrons. The van der Waals surface area contributed by atoms with Gasteiger partial charge in [0.25, 0.3) is 0 Å². The minimum absolute atomic E-state index is 0.0104. The van der Waals surface area contributed by atoms with Gasteiger partial charge >= 0.3 is 0 Å². The summed E-state index contributed by atoms with van der Waals surface area (Å²) in [5, 5.41) is 11.8. The number of rotatable bonds is 5. The van der Waals surface area contributed by atoms with Crippen LogP contribution in [0.1, 0.15) is 22.0 Å². The normalized spacial score (nSPS) is 10.3. The highest BCUT2D eigenvalue weighted by Gasteiger charge is 2.15. The van der Waals surface area contributed by atoms with Crippen molar-refractivity contribution in [3.8, 4) is 6.07 Å². The van der Waals surface area contributed by atoms with Crippen LogP contribution < -0.4 is 0 Å². The van der Waals surface area contributed by atoms with E-state index in [2.05, 4.69) is 16.0 Å².